The van der Waals surface area contributed by atoms with Crippen LogP contribution in [-0.2, 0) is 21.4 Å². The quantitative estimate of drug-likeness (QED) is 0.894. The fraction of sp³-hybridized carbons (Fsp3) is 0.450. The maximum absolute atomic E-state index is 12.7. The Hall–Kier alpha value is -2.21. The molecule has 0 spiro atoms. The molecule has 5 nitrogen and oxygen atoms in total. The molecule has 0 aliphatic carbocycles. The van der Waals surface area contributed by atoms with Crippen LogP contribution in [0.1, 0.15) is 43.0 Å². The van der Waals surface area contributed by atoms with E-state index in [1.165, 1.54) is 0 Å². The number of aromatic nitrogens is 1. The molecule has 3 rings (SSSR count). The van der Waals surface area contributed by atoms with Crippen LogP contribution in [0, 0.1) is 5.92 Å². The average molecular weight is 372 g/mol. The Balaban J connectivity index is 1.72. The minimum absolute atomic E-state index is 0.0353. The number of carboxylic acid groups (broad SMARTS) is 1. The molecule has 1 N–H and O–H groups in total. The number of nitrogens with zero attached hydrogens (tertiary/aromatic N) is 2. The molecule has 0 unspecified atom stereocenters. The molecule has 1 aromatic heterocycles. The highest BCUT2D eigenvalue weighted by atomic mass is 32.1. The highest BCUT2D eigenvalue weighted by Crippen LogP contribution is 2.33. The molecule has 1 aliphatic rings. The summed E-state index contributed by atoms with van der Waals surface area (Å²) < 4.78 is 0. The van der Waals surface area contributed by atoms with Gasteiger partial charge in [-0.15, -0.1) is 11.3 Å². The number of hydrogen-bond acceptors (Lipinski definition) is 4. The summed E-state index contributed by atoms with van der Waals surface area (Å²) in [7, 11) is 0. The summed E-state index contributed by atoms with van der Waals surface area (Å²) in [6.07, 6.45) is 0.223. The number of hydrogen-bond donors (Lipinski definition) is 1. The van der Waals surface area contributed by atoms with Gasteiger partial charge in [0, 0.05) is 29.8 Å². The number of carbonyl (C=O) groups excluding carboxylic acids is 1. The molecule has 2 heterocycles. The molecule has 1 saturated heterocycles. The van der Waals surface area contributed by atoms with Gasteiger partial charge >= 0.3 is 5.97 Å². The van der Waals surface area contributed by atoms with Crippen molar-refractivity contribution in [3.8, 4) is 0 Å². The number of likely N-dealkylation sites (tertiary alicyclic amines) is 1. The van der Waals surface area contributed by atoms with Gasteiger partial charge < -0.3 is 10.0 Å². The van der Waals surface area contributed by atoms with Gasteiger partial charge in [-0.25, -0.2) is 4.98 Å². The Bertz CT molecular complexity index is 795. The Morgan fingerprint density at radius 3 is 2.50 bits per heavy atom. The molecule has 1 fully saturated rings. The smallest absolute Gasteiger partial charge is 0.308 e. The number of carboxylic acids is 1. The summed E-state index contributed by atoms with van der Waals surface area (Å²) in [4.78, 5) is 30.6. The van der Waals surface area contributed by atoms with Crippen molar-refractivity contribution in [3.63, 3.8) is 0 Å². The zero-order valence-electron chi connectivity index (χ0n) is 15.3. The van der Waals surface area contributed by atoms with Gasteiger partial charge in [0.2, 0.25) is 5.91 Å². The van der Waals surface area contributed by atoms with Crippen LogP contribution >= 0.6 is 11.3 Å². The number of rotatable bonds is 4. The highest BCUT2D eigenvalue weighted by Gasteiger charge is 2.40. The second-order valence-corrected chi connectivity index (χ2v) is 8.69. The van der Waals surface area contributed by atoms with Crippen LogP contribution in [0.5, 0.6) is 0 Å². The third kappa shape index (κ3) is 3.96. The van der Waals surface area contributed by atoms with Crippen LogP contribution in [-0.4, -0.2) is 40.0 Å². The molecule has 0 saturated carbocycles. The van der Waals surface area contributed by atoms with Crippen LogP contribution in [0.15, 0.2) is 35.7 Å². The van der Waals surface area contributed by atoms with Crippen molar-refractivity contribution in [2.75, 3.05) is 13.1 Å². The van der Waals surface area contributed by atoms with Crippen LogP contribution < -0.4 is 0 Å². The van der Waals surface area contributed by atoms with E-state index < -0.39 is 11.9 Å². The predicted octanol–water partition coefficient (Wildman–Crippen LogP) is 3.31. The predicted molar refractivity (Wildman–Crippen MR) is 101 cm³/mol. The van der Waals surface area contributed by atoms with Gasteiger partial charge in [0.1, 0.15) is 0 Å². The van der Waals surface area contributed by atoms with Gasteiger partial charge in [0.25, 0.3) is 0 Å². The van der Waals surface area contributed by atoms with E-state index in [0.717, 1.165) is 16.3 Å². The van der Waals surface area contributed by atoms with Crippen molar-refractivity contribution < 1.29 is 14.7 Å². The van der Waals surface area contributed by atoms with Gasteiger partial charge in [-0.1, -0.05) is 51.1 Å². The zero-order valence-corrected chi connectivity index (χ0v) is 16.1. The molecule has 138 valence electrons. The summed E-state index contributed by atoms with van der Waals surface area (Å²) in [5.41, 5.74) is 1.70. The lowest BCUT2D eigenvalue weighted by Crippen LogP contribution is -2.31. The lowest BCUT2D eigenvalue weighted by molar-refractivity contribution is -0.141. The van der Waals surface area contributed by atoms with Crippen molar-refractivity contribution >= 4 is 23.2 Å². The van der Waals surface area contributed by atoms with Crippen molar-refractivity contribution in [2.24, 2.45) is 5.92 Å². The van der Waals surface area contributed by atoms with Gasteiger partial charge in [0.05, 0.1) is 23.0 Å². The van der Waals surface area contributed by atoms with Crippen molar-refractivity contribution in [2.45, 2.75) is 38.5 Å². The third-order valence-electron chi connectivity index (χ3n) is 4.74. The fourth-order valence-corrected chi connectivity index (χ4v) is 4.20. The molecular weight excluding hydrogens is 348 g/mol. The normalized spacial score (nSPS) is 20.3. The molecule has 1 amide bonds. The topological polar surface area (TPSA) is 70.5 Å². The molecule has 1 aromatic carbocycles. The molecule has 2 aromatic rings. The molecule has 6 heteroatoms. The number of carbonyl (C=O) groups is 2. The SMILES string of the molecule is CC(C)(C)c1nc(CC(=O)N2C[C@H](C(=O)O)[C@H](c3ccccc3)C2)cs1. The van der Waals surface area contributed by atoms with E-state index in [2.05, 4.69) is 25.8 Å². The largest absolute Gasteiger partial charge is 0.481 e. The molecule has 26 heavy (non-hydrogen) atoms. The number of thiazole rings is 1. The molecule has 2 atom stereocenters. The first-order chi connectivity index (χ1) is 12.3. The third-order valence-corrected chi connectivity index (χ3v) is 6.06. The van der Waals surface area contributed by atoms with Crippen molar-refractivity contribution in [1.82, 2.24) is 9.88 Å². The number of benzene rings is 1. The maximum Gasteiger partial charge on any atom is 0.308 e. The lowest BCUT2D eigenvalue weighted by atomic mass is 9.89. The maximum atomic E-state index is 12.7. The second-order valence-electron chi connectivity index (χ2n) is 7.83. The summed E-state index contributed by atoms with van der Waals surface area (Å²) in [6.45, 7) is 6.99. The van der Waals surface area contributed by atoms with E-state index in [4.69, 9.17) is 0 Å². The molecule has 1 aliphatic heterocycles. The van der Waals surface area contributed by atoms with Crippen LogP contribution in [0.4, 0.5) is 0 Å². The zero-order chi connectivity index (χ0) is 18.9. The summed E-state index contributed by atoms with van der Waals surface area (Å²) >= 11 is 1.57. The lowest BCUT2D eigenvalue weighted by Gasteiger charge is -2.16. The summed E-state index contributed by atoms with van der Waals surface area (Å²) in [6, 6.07) is 9.59. The van der Waals surface area contributed by atoms with E-state index in [1.807, 2.05) is 35.7 Å². The fourth-order valence-electron chi connectivity index (χ4n) is 3.30. The van der Waals surface area contributed by atoms with E-state index in [1.54, 1.807) is 16.2 Å². The minimum atomic E-state index is -0.849. The summed E-state index contributed by atoms with van der Waals surface area (Å²) in [5, 5.41) is 12.5. The van der Waals surface area contributed by atoms with Crippen LogP contribution in [0.2, 0.25) is 0 Å². The highest BCUT2D eigenvalue weighted by molar-refractivity contribution is 7.09. The first-order valence-electron chi connectivity index (χ1n) is 8.76. The van der Waals surface area contributed by atoms with E-state index in [-0.39, 0.29) is 30.2 Å². The van der Waals surface area contributed by atoms with Gasteiger partial charge in [-0.05, 0) is 5.56 Å². The Kier molecular flexibility index (Phi) is 5.14. The summed E-state index contributed by atoms with van der Waals surface area (Å²) in [5.74, 6) is -1.64. The van der Waals surface area contributed by atoms with E-state index in [9.17, 15) is 14.7 Å². The van der Waals surface area contributed by atoms with Crippen LogP contribution in [0.3, 0.4) is 0 Å². The Labute approximate surface area is 157 Å². The Morgan fingerprint density at radius 1 is 1.23 bits per heavy atom. The molecular formula is C20H24N2O3S. The molecule has 0 radical (unpaired) electrons. The Morgan fingerprint density at radius 2 is 1.92 bits per heavy atom. The number of amides is 1. The molecule has 0 bridgehead atoms. The average Bonchev–Trinajstić information content (AvgIpc) is 3.22. The minimum Gasteiger partial charge on any atom is -0.481 e. The van der Waals surface area contributed by atoms with E-state index in [0.29, 0.717) is 6.54 Å². The van der Waals surface area contributed by atoms with Gasteiger partial charge in [-0.2, -0.15) is 0 Å². The second kappa shape index (κ2) is 7.19. The van der Waals surface area contributed by atoms with Gasteiger partial charge in [0.15, 0.2) is 0 Å². The monoisotopic (exact) mass is 372 g/mol. The van der Waals surface area contributed by atoms with Crippen LogP contribution in [0.25, 0.3) is 0 Å². The first-order valence-corrected chi connectivity index (χ1v) is 9.64. The number of aliphatic carboxylic acids is 1. The van der Waals surface area contributed by atoms with Crippen molar-refractivity contribution in [1.29, 1.82) is 0 Å². The standard InChI is InChI=1S/C20H24N2O3S/c1-20(2,3)19-21-14(12-26-19)9-17(23)22-10-15(16(11-22)18(24)25)13-7-5-4-6-8-13/h4-8,12,15-16H,9-11H2,1-3H3,(H,24,25)/t15-,16-/m0/s1. The first kappa shape index (κ1) is 18.6. The van der Waals surface area contributed by atoms with E-state index >= 15 is 0 Å². The van der Waals surface area contributed by atoms with Gasteiger partial charge in [-0.3, -0.25) is 9.59 Å². The van der Waals surface area contributed by atoms with Crippen molar-refractivity contribution in [3.05, 3.63) is 52.0 Å².